The molecule has 0 aliphatic carbocycles. The van der Waals surface area contributed by atoms with Gasteiger partial charge < -0.3 is 15.2 Å². The number of aromatic amines is 1. The fourth-order valence-corrected chi connectivity index (χ4v) is 1.74. The van der Waals surface area contributed by atoms with E-state index in [1.807, 2.05) is 18.5 Å². The predicted molar refractivity (Wildman–Crippen MR) is 54.3 cm³/mol. The highest BCUT2D eigenvalue weighted by atomic mass is 16.2. The van der Waals surface area contributed by atoms with Crippen LogP contribution in [0.1, 0.15) is 18.5 Å². The minimum atomic E-state index is -0.170. The SMILES string of the molecule is CC(=O)CN1CC(c2cc[nH]c2)NC1=O. The van der Waals surface area contributed by atoms with Gasteiger partial charge in [-0.3, -0.25) is 4.79 Å². The van der Waals surface area contributed by atoms with E-state index in [0.717, 1.165) is 5.56 Å². The summed E-state index contributed by atoms with van der Waals surface area (Å²) >= 11 is 0. The Hall–Kier alpha value is -1.78. The fourth-order valence-electron chi connectivity index (χ4n) is 1.74. The number of nitrogens with zero attached hydrogens (tertiary/aromatic N) is 1. The Labute approximate surface area is 87.5 Å². The Balaban J connectivity index is 2.04. The van der Waals surface area contributed by atoms with Crippen molar-refractivity contribution in [3.8, 4) is 0 Å². The maximum absolute atomic E-state index is 11.5. The zero-order valence-corrected chi connectivity index (χ0v) is 8.49. The first-order valence-electron chi connectivity index (χ1n) is 4.84. The third-order valence-electron chi connectivity index (χ3n) is 2.43. The summed E-state index contributed by atoms with van der Waals surface area (Å²) in [6, 6.07) is 1.74. The summed E-state index contributed by atoms with van der Waals surface area (Å²) in [5, 5.41) is 2.83. The van der Waals surface area contributed by atoms with Gasteiger partial charge in [0.05, 0.1) is 12.6 Å². The van der Waals surface area contributed by atoms with E-state index < -0.39 is 0 Å². The van der Waals surface area contributed by atoms with Gasteiger partial charge in [0.25, 0.3) is 0 Å². The Morgan fingerprint density at radius 2 is 2.47 bits per heavy atom. The summed E-state index contributed by atoms with van der Waals surface area (Å²) in [4.78, 5) is 26.8. The van der Waals surface area contributed by atoms with Crippen molar-refractivity contribution >= 4 is 11.8 Å². The number of Topliss-reactive ketones (excluding diaryl/α,β-unsaturated/α-hetero) is 1. The van der Waals surface area contributed by atoms with Crippen LogP contribution in [-0.4, -0.2) is 34.8 Å². The number of carbonyl (C=O) groups excluding carboxylic acids is 2. The molecule has 1 saturated heterocycles. The van der Waals surface area contributed by atoms with Gasteiger partial charge in [-0.25, -0.2) is 4.79 Å². The summed E-state index contributed by atoms with van der Waals surface area (Å²) in [7, 11) is 0. The molecule has 5 heteroatoms. The third kappa shape index (κ3) is 2.01. The van der Waals surface area contributed by atoms with Crippen molar-refractivity contribution in [3.63, 3.8) is 0 Å². The van der Waals surface area contributed by atoms with Crippen molar-refractivity contribution in [3.05, 3.63) is 24.0 Å². The van der Waals surface area contributed by atoms with Crippen LogP contribution < -0.4 is 5.32 Å². The molecule has 1 aromatic rings. The summed E-state index contributed by atoms with van der Waals surface area (Å²) in [6.45, 7) is 2.22. The molecule has 2 heterocycles. The van der Waals surface area contributed by atoms with E-state index in [4.69, 9.17) is 0 Å². The standard InChI is InChI=1S/C10H13N3O2/c1-7(14)5-13-6-9(12-10(13)15)8-2-3-11-4-8/h2-4,9,11H,5-6H2,1H3,(H,12,15). The monoisotopic (exact) mass is 207 g/mol. The Morgan fingerprint density at radius 1 is 1.67 bits per heavy atom. The largest absolute Gasteiger partial charge is 0.367 e. The number of ketones is 1. The molecule has 0 saturated carbocycles. The molecule has 0 aromatic carbocycles. The highest BCUT2D eigenvalue weighted by molar-refractivity contribution is 5.85. The first-order valence-corrected chi connectivity index (χ1v) is 4.84. The Kier molecular flexibility index (Phi) is 2.45. The van der Waals surface area contributed by atoms with Crippen LogP contribution in [0.25, 0.3) is 0 Å². The number of aromatic nitrogens is 1. The van der Waals surface area contributed by atoms with Crippen molar-refractivity contribution in [2.24, 2.45) is 0 Å². The molecule has 0 bridgehead atoms. The van der Waals surface area contributed by atoms with Crippen LogP contribution in [0.4, 0.5) is 4.79 Å². The fraction of sp³-hybridized carbons (Fsp3) is 0.400. The number of H-pyrrole nitrogens is 1. The highest BCUT2D eigenvalue weighted by Crippen LogP contribution is 2.19. The van der Waals surface area contributed by atoms with Crippen LogP contribution in [-0.2, 0) is 4.79 Å². The lowest BCUT2D eigenvalue weighted by atomic mass is 10.1. The van der Waals surface area contributed by atoms with Crippen molar-refractivity contribution < 1.29 is 9.59 Å². The van der Waals surface area contributed by atoms with Crippen LogP contribution in [0.15, 0.2) is 18.5 Å². The number of amides is 2. The lowest BCUT2D eigenvalue weighted by molar-refractivity contribution is -0.117. The van der Waals surface area contributed by atoms with Gasteiger partial charge in [0.2, 0.25) is 0 Å². The van der Waals surface area contributed by atoms with Gasteiger partial charge in [-0.15, -0.1) is 0 Å². The van der Waals surface area contributed by atoms with E-state index >= 15 is 0 Å². The molecule has 1 atom stereocenters. The average Bonchev–Trinajstić information content (AvgIpc) is 2.75. The van der Waals surface area contributed by atoms with Gasteiger partial charge in [-0.05, 0) is 18.6 Å². The molecule has 1 unspecified atom stereocenters. The topological polar surface area (TPSA) is 65.2 Å². The lowest BCUT2D eigenvalue weighted by Crippen LogP contribution is -2.32. The molecule has 1 aliphatic heterocycles. The number of urea groups is 1. The summed E-state index contributed by atoms with van der Waals surface area (Å²) in [6.07, 6.45) is 3.66. The van der Waals surface area contributed by atoms with E-state index in [1.54, 1.807) is 0 Å². The maximum atomic E-state index is 11.5. The number of hydrogen-bond acceptors (Lipinski definition) is 2. The molecule has 2 N–H and O–H groups in total. The van der Waals surface area contributed by atoms with Gasteiger partial charge in [0.15, 0.2) is 0 Å². The van der Waals surface area contributed by atoms with Gasteiger partial charge in [-0.1, -0.05) is 0 Å². The molecule has 5 nitrogen and oxygen atoms in total. The zero-order valence-electron chi connectivity index (χ0n) is 8.49. The Bertz CT molecular complexity index is 372. The van der Waals surface area contributed by atoms with E-state index in [9.17, 15) is 9.59 Å². The van der Waals surface area contributed by atoms with E-state index in [-0.39, 0.29) is 24.4 Å². The molecule has 1 aromatic heterocycles. The second-order valence-electron chi connectivity index (χ2n) is 3.73. The number of nitrogens with one attached hydrogen (secondary N) is 2. The van der Waals surface area contributed by atoms with Crippen LogP contribution >= 0.6 is 0 Å². The van der Waals surface area contributed by atoms with Crippen LogP contribution in [0, 0.1) is 0 Å². The van der Waals surface area contributed by atoms with Crippen molar-refractivity contribution in [2.45, 2.75) is 13.0 Å². The smallest absolute Gasteiger partial charge is 0.318 e. The normalized spacial score (nSPS) is 20.5. The van der Waals surface area contributed by atoms with Crippen molar-refractivity contribution in [1.29, 1.82) is 0 Å². The molecule has 0 spiro atoms. The van der Waals surface area contributed by atoms with E-state index in [0.29, 0.717) is 6.54 Å². The zero-order chi connectivity index (χ0) is 10.8. The Morgan fingerprint density at radius 3 is 3.07 bits per heavy atom. The van der Waals surface area contributed by atoms with Gasteiger partial charge in [0, 0.05) is 18.9 Å². The van der Waals surface area contributed by atoms with Crippen LogP contribution in [0.3, 0.4) is 0 Å². The molecular weight excluding hydrogens is 194 g/mol. The van der Waals surface area contributed by atoms with Crippen molar-refractivity contribution in [1.82, 2.24) is 15.2 Å². The second-order valence-corrected chi connectivity index (χ2v) is 3.73. The molecular formula is C10H13N3O2. The second kappa shape index (κ2) is 3.76. The molecule has 2 rings (SSSR count). The summed E-state index contributed by atoms with van der Waals surface area (Å²) < 4.78 is 0. The van der Waals surface area contributed by atoms with Crippen LogP contribution in [0.5, 0.6) is 0 Å². The minimum absolute atomic E-state index is 0.000122. The molecule has 1 fully saturated rings. The van der Waals surface area contributed by atoms with E-state index in [1.165, 1.54) is 11.8 Å². The molecule has 2 amide bonds. The molecule has 0 radical (unpaired) electrons. The average molecular weight is 207 g/mol. The predicted octanol–water partition coefficient (Wildman–Crippen LogP) is 0.670. The summed E-state index contributed by atoms with van der Waals surface area (Å²) in [5.41, 5.74) is 1.04. The quantitative estimate of drug-likeness (QED) is 0.765. The van der Waals surface area contributed by atoms with Gasteiger partial charge >= 0.3 is 6.03 Å². The first-order chi connectivity index (χ1) is 7.16. The minimum Gasteiger partial charge on any atom is -0.367 e. The van der Waals surface area contributed by atoms with Crippen LogP contribution in [0.2, 0.25) is 0 Å². The van der Waals surface area contributed by atoms with Gasteiger partial charge in [-0.2, -0.15) is 0 Å². The third-order valence-corrected chi connectivity index (χ3v) is 2.43. The first kappa shape index (κ1) is 9.76. The maximum Gasteiger partial charge on any atom is 0.318 e. The number of rotatable bonds is 3. The van der Waals surface area contributed by atoms with Crippen molar-refractivity contribution in [2.75, 3.05) is 13.1 Å². The molecule has 1 aliphatic rings. The highest BCUT2D eigenvalue weighted by Gasteiger charge is 2.30. The lowest BCUT2D eigenvalue weighted by Gasteiger charge is -2.11. The molecule has 80 valence electrons. The van der Waals surface area contributed by atoms with Gasteiger partial charge in [0.1, 0.15) is 5.78 Å². The summed E-state index contributed by atoms with van der Waals surface area (Å²) in [5.74, 6) is -0.000122. The number of hydrogen-bond donors (Lipinski definition) is 2. The number of carbonyl (C=O) groups is 2. The van der Waals surface area contributed by atoms with E-state index in [2.05, 4.69) is 10.3 Å². The molecule has 15 heavy (non-hydrogen) atoms.